The summed E-state index contributed by atoms with van der Waals surface area (Å²) in [5, 5.41) is 17.4. The SMILES string of the molecule is CCCCCCCCCCCC(C(=O)O)C(=O)O.[H-].[H-].[K+].[Na+]. The maximum atomic E-state index is 10.6. The number of aliphatic carboxylic acids is 2. The molecule has 0 atom stereocenters. The Labute approximate surface area is 190 Å². The molecule has 0 aliphatic rings. The summed E-state index contributed by atoms with van der Waals surface area (Å²) in [7, 11) is 0. The van der Waals surface area contributed by atoms with Gasteiger partial charge in [0, 0.05) is 0 Å². The predicted molar refractivity (Wildman–Crippen MR) is 72.8 cm³/mol. The molecular formula is C14H28KNaO4. The molecule has 0 spiro atoms. The first-order chi connectivity index (χ1) is 8.59. The molecule has 0 fully saturated rings. The quantitative estimate of drug-likeness (QED) is 0.246. The van der Waals surface area contributed by atoms with Crippen molar-refractivity contribution in [3.05, 3.63) is 0 Å². The Hall–Kier alpha value is 1.58. The Morgan fingerprint density at radius 3 is 1.55 bits per heavy atom. The summed E-state index contributed by atoms with van der Waals surface area (Å²) in [6.07, 6.45) is 10.5. The molecule has 0 rings (SSSR count). The van der Waals surface area contributed by atoms with E-state index in [4.69, 9.17) is 10.2 Å². The van der Waals surface area contributed by atoms with E-state index in [9.17, 15) is 9.59 Å². The molecule has 0 aromatic heterocycles. The van der Waals surface area contributed by atoms with Crippen LogP contribution in [-0.4, -0.2) is 22.2 Å². The Bertz CT molecular complexity index is 245. The van der Waals surface area contributed by atoms with Crippen LogP contribution in [-0.2, 0) is 9.59 Å². The average Bonchev–Trinajstić information content (AvgIpc) is 2.30. The van der Waals surface area contributed by atoms with Gasteiger partial charge in [-0.25, -0.2) is 0 Å². The monoisotopic (exact) mass is 322 g/mol. The van der Waals surface area contributed by atoms with Crippen LogP contribution >= 0.6 is 0 Å². The summed E-state index contributed by atoms with van der Waals surface area (Å²) in [5.74, 6) is -3.67. The van der Waals surface area contributed by atoms with Crippen molar-refractivity contribution >= 4 is 11.9 Å². The molecule has 0 bridgehead atoms. The Morgan fingerprint density at radius 1 is 0.850 bits per heavy atom. The van der Waals surface area contributed by atoms with Gasteiger partial charge in [0.05, 0.1) is 0 Å². The Morgan fingerprint density at radius 2 is 1.20 bits per heavy atom. The third kappa shape index (κ3) is 16.0. The molecular weight excluding hydrogens is 294 g/mol. The second kappa shape index (κ2) is 18.6. The van der Waals surface area contributed by atoms with E-state index in [1.54, 1.807) is 0 Å². The first-order valence-corrected chi connectivity index (χ1v) is 7.05. The van der Waals surface area contributed by atoms with Gasteiger partial charge in [-0.2, -0.15) is 0 Å². The van der Waals surface area contributed by atoms with Crippen molar-refractivity contribution in [3.63, 3.8) is 0 Å². The zero-order valence-electron chi connectivity index (χ0n) is 15.4. The molecule has 0 aromatic carbocycles. The summed E-state index contributed by atoms with van der Waals surface area (Å²) in [6, 6.07) is 0. The molecule has 110 valence electrons. The number of carbonyl (C=O) groups is 2. The van der Waals surface area contributed by atoms with Crippen LogP contribution in [0, 0.1) is 5.92 Å². The normalized spacial score (nSPS) is 9.70. The van der Waals surface area contributed by atoms with Gasteiger partial charge in [0.15, 0.2) is 5.92 Å². The van der Waals surface area contributed by atoms with E-state index in [-0.39, 0.29) is 90.2 Å². The largest absolute Gasteiger partial charge is 1.00 e. The molecule has 0 heterocycles. The number of hydrogen-bond donors (Lipinski definition) is 2. The minimum absolute atomic E-state index is 0. The van der Waals surface area contributed by atoms with Gasteiger partial charge in [0.1, 0.15) is 0 Å². The van der Waals surface area contributed by atoms with Crippen LogP contribution in [0.3, 0.4) is 0 Å². The summed E-state index contributed by atoms with van der Waals surface area (Å²) in [4.78, 5) is 21.3. The van der Waals surface area contributed by atoms with Crippen molar-refractivity contribution in [2.45, 2.75) is 71.1 Å². The number of rotatable bonds is 12. The number of hydrogen-bond acceptors (Lipinski definition) is 2. The van der Waals surface area contributed by atoms with Gasteiger partial charge in [-0.3, -0.25) is 9.59 Å². The molecule has 0 unspecified atom stereocenters. The van der Waals surface area contributed by atoms with Crippen LogP contribution in [0.15, 0.2) is 0 Å². The molecule has 0 saturated carbocycles. The molecule has 0 aliphatic heterocycles. The van der Waals surface area contributed by atoms with Crippen LogP contribution in [0.2, 0.25) is 0 Å². The van der Waals surface area contributed by atoms with E-state index < -0.39 is 17.9 Å². The topological polar surface area (TPSA) is 74.6 Å². The second-order valence-corrected chi connectivity index (χ2v) is 4.85. The zero-order valence-corrected chi connectivity index (χ0v) is 18.5. The van der Waals surface area contributed by atoms with Crippen molar-refractivity contribution in [1.82, 2.24) is 0 Å². The van der Waals surface area contributed by atoms with E-state index in [1.807, 2.05) is 0 Å². The molecule has 2 N–H and O–H groups in total. The standard InChI is InChI=1S/C14H26O4.K.Na.2H/c1-2-3-4-5-6-7-8-9-10-11-12(13(15)16)14(17)18;;;;/h12H,2-11H2,1H3,(H,15,16)(H,17,18);;;;/q;2*+1;2*-1. The number of carboxylic acids is 2. The molecule has 0 saturated heterocycles. The van der Waals surface area contributed by atoms with Gasteiger partial charge >= 0.3 is 92.9 Å². The maximum absolute atomic E-state index is 10.6. The van der Waals surface area contributed by atoms with Gasteiger partial charge in [-0.1, -0.05) is 64.7 Å². The van der Waals surface area contributed by atoms with Crippen molar-refractivity contribution in [2.24, 2.45) is 5.92 Å². The van der Waals surface area contributed by atoms with Crippen molar-refractivity contribution < 1.29 is 104 Å². The van der Waals surface area contributed by atoms with Crippen LogP contribution in [0.5, 0.6) is 0 Å². The van der Waals surface area contributed by atoms with E-state index in [0.717, 1.165) is 12.8 Å². The fourth-order valence-electron chi connectivity index (χ4n) is 2.01. The molecule has 0 radical (unpaired) electrons. The third-order valence-corrected chi connectivity index (χ3v) is 3.19. The van der Waals surface area contributed by atoms with Crippen molar-refractivity contribution in [1.29, 1.82) is 0 Å². The molecule has 0 amide bonds. The molecule has 20 heavy (non-hydrogen) atoms. The molecule has 6 heteroatoms. The van der Waals surface area contributed by atoms with Crippen molar-refractivity contribution in [3.8, 4) is 0 Å². The van der Waals surface area contributed by atoms with E-state index in [2.05, 4.69) is 6.92 Å². The molecule has 4 nitrogen and oxygen atoms in total. The minimum Gasteiger partial charge on any atom is -1.00 e. The smallest absolute Gasteiger partial charge is 1.00 e. The third-order valence-electron chi connectivity index (χ3n) is 3.19. The van der Waals surface area contributed by atoms with Crippen LogP contribution in [0.1, 0.15) is 74.0 Å². The first kappa shape index (κ1) is 26.5. The van der Waals surface area contributed by atoms with Gasteiger partial charge in [0.2, 0.25) is 0 Å². The second-order valence-electron chi connectivity index (χ2n) is 4.85. The van der Waals surface area contributed by atoms with Crippen LogP contribution in [0.4, 0.5) is 0 Å². The zero-order chi connectivity index (χ0) is 13.8. The van der Waals surface area contributed by atoms with Gasteiger partial charge in [-0.15, -0.1) is 0 Å². The fraction of sp³-hybridized carbons (Fsp3) is 0.857. The van der Waals surface area contributed by atoms with E-state index in [0.29, 0.717) is 6.42 Å². The predicted octanol–water partition coefficient (Wildman–Crippen LogP) is -2.07. The fourth-order valence-corrected chi connectivity index (χ4v) is 2.01. The van der Waals surface area contributed by atoms with Gasteiger partial charge < -0.3 is 13.1 Å². The van der Waals surface area contributed by atoms with E-state index >= 15 is 0 Å². The summed E-state index contributed by atoms with van der Waals surface area (Å²) >= 11 is 0. The summed E-state index contributed by atoms with van der Waals surface area (Å²) in [6.45, 7) is 2.20. The summed E-state index contributed by atoms with van der Waals surface area (Å²) < 4.78 is 0. The Kier molecular flexibility index (Phi) is 24.7. The average molecular weight is 322 g/mol. The van der Waals surface area contributed by atoms with Gasteiger partial charge in [0.25, 0.3) is 0 Å². The Balaban J connectivity index is -0.000000241. The first-order valence-electron chi connectivity index (χ1n) is 7.05. The van der Waals surface area contributed by atoms with Crippen molar-refractivity contribution in [2.75, 3.05) is 0 Å². The van der Waals surface area contributed by atoms with Gasteiger partial charge in [-0.05, 0) is 6.42 Å². The number of carboxylic acid groups (broad SMARTS) is 2. The van der Waals surface area contributed by atoms with Crippen LogP contribution in [0.25, 0.3) is 0 Å². The van der Waals surface area contributed by atoms with Crippen LogP contribution < -0.4 is 80.9 Å². The maximum Gasteiger partial charge on any atom is 1.00 e. The van der Waals surface area contributed by atoms with E-state index in [1.165, 1.54) is 38.5 Å². The number of unbranched alkanes of at least 4 members (excludes halogenated alkanes) is 8. The molecule has 0 aliphatic carbocycles. The molecule has 0 aromatic rings. The minimum atomic E-state index is -1.23. The summed E-state index contributed by atoms with van der Waals surface area (Å²) in [5.41, 5.74) is 0.